The van der Waals surface area contributed by atoms with Crippen LogP contribution in [-0.2, 0) is 10.0 Å². The maximum Gasteiger partial charge on any atom is 0.215 e. The normalized spacial score (nSPS) is 26.0. The van der Waals surface area contributed by atoms with E-state index in [1.54, 1.807) is 4.31 Å². The maximum atomic E-state index is 12.1. The molecule has 1 aliphatic heterocycles. The van der Waals surface area contributed by atoms with Crippen LogP contribution in [0.25, 0.3) is 0 Å². The molecule has 0 atom stereocenters. The Labute approximate surface area is 105 Å². The molecule has 0 spiro atoms. The van der Waals surface area contributed by atoms with E-state index in [-0.39, 0.29) is 5.75 Å². The average molecular weight is 260 g/mol. The molecule has 1 aliphatic carbocycles. The molecule has 5 heteroatoms. The lowest BCUT2D eigenvalue weighted by atomic mass is 9.83. The van der Waals surface area contributed by atoms with Gasteiger partial charge in [0.2, 0.25) is 10.0 Å². The summed E-state index contributed by atoms with van der Waals surface area (Å²) < 4.78 is 25.8. The maximum absolute atomic E-state index is 12.1. The van der Waals surface area contributed by atoms with Crippen LogP contribution in [0, 0.1) is 5.41 Å². The van der Waals surface area contributed by atoms with E-state index >= 15 is 0 Å². The van der Waals surface area contributed by atoms with E-state index in [9.17, 15) is 8.42 Å². The van der Waals surface area contributed by atoms with Crippen molar-refractivity contribution in [2.24, 2.45) is 5.41 Å². The van der Waals surface area contributed by atoms with Crippen LogP contribution in [0.4, 0.5) is 0 Å². The molecule has 1 saturated heterocycles. The van der Waals surface area contributed by atoms with Crippen LogP contribution in [0.3, 0.4) is 0 Å². The minimum absolute atomic E-state index is 0.254. The summed E-state index contributed by atoms with van der Waals surface area (Å²) in [6.07, 6.45) is 4.36. The third-order valence-corrected chi connectivity index (χ3v) is 5.71. The second-order valence-corrected chi connectivity index (χ2v) is 8.20. The van der Waals surface area contributed by atoms with Gasteiger partial charge in [-0.1, -0.05) is 13.8 Å². The first-order valence-corrected chi connectivity index (χ1v) is 8.21. The van der Waals surface area contributed by atoms with Crippen LogP contribution in [0.5, 0.6) is 0 Å². The second-order valence-electron chi connectivity index (χ2n) is 6.11. The van der Waals surface area contributed by atoms with E-state index in [1.807, 2.05) is 0 Å². The summed E-state index contributed by atoms with van der Waals surface area (Å²) in [7, 11) is -3.03. The molecule has 0 radical (unpaired) electrons. The van der Waals surface area contributed by atoms with E-state index in [0.29, 0.717) is 31.1 Å². The molecule has 4 nitrogen and oxygen atoms in total. The summed E-state index contributed by atoms with van der Waals surface area (Å²) >= 11 is 0. The van der Waals surface area contributed by atoms with Gasteiger partial charge in [-0.25, -0.2) is 12.7 Å². The Hall–Kier alpha value is -0.130. The highest BCUT2D eigenvalue weighted by atomic mass is 32.2. The number of nitrogens with zero attached hydrogens (tertiary/aromatic N) is 1. The SMILES string of the molecule is CC1(C)CCN(S(=O)(=O)CCNC2CC2)CC1. The van der Waals surface area contributed by atoms with Gasteiger partial charge in [0.25, 0.3) is 0 Å². The van der Waals surface area contributed by atoms with Crippen LogP contribution < -0.4 is 5.32 Å². The van der Waals surface area contributed by atoms with E-state index in [0.717, 1.165) is 12.8 Å². The quantitative estimate of drug-likeness (QED) is 0.808. The lowest BCUT2D eigenvalue weighted by molar-refractivity contribution is 0.196. The van der Waals surface area contributed by atoms with Crippen LogP contribution in [0.1, 0.15) is 39.5 Å². The Balaban J connectivity index is 1.78. The predicted molar refractivity (Wildman–Crippen MR) is 69.4 cm³/mol. The molecular formula is C12H24N2O2S. The topological polar surface area (TPSA) is 49.4 Å². The molecule has 1 heterocycles. The third kappa shape index (κ3) is 3.93. The predicted octanol–water partition coefficient (Wildman–Crippen LogP) is 1.19. The van der Waals surface area contributed by atoms with Crippen molar-refractivity contribution in [2.75, 3.05) is 25.4 Å². The molecule has 0 aromatic rings. The Morgan fingerprint density at radius 1 is 1.24 bits per heavy atom. The fraction of sp³-hybridized carbons (Fsp3) is 1.00. The van der Waals surface area contributed by atoms with Gasteiger partial charge in [-0.2, -0.15) is 0 Å². The van der Waals surface area contributed by atoms with Crippen molar-refractivity contribution in [3.63, 3.8) is 0 Å². The summed E-state index contributed by atoms with van der Waals surface area (Å²) in [5.41, 5.74) is 0.304. The van der Waals surface area contributed by atoms with Crippen molar-refractivity contribution in [1.82, 2.24) is 9.62 Å². The number of hydrogen-bond acceptors (Lipinski definition) is 3. The van der Waals surface area contributed by atoms with Crippen LogP contribution in [0.2, 0.25) is 0 Å². The Morgan fingerprint density at radius 3 is 2.35 bits per heavy atom. The average Bonchev–Trinajstić information content (AvgIpc) is 3.00. The van der Waals surface area contributed by atoms with Crippen LogP contribution >= 0.6 is 0 Å². The van der Waals surface area contributed by atoms with Gasteiger partial charge in [0, 0.05) is 25.7 Å². The molecule has 0 bridgehead atoms. The molecule has 1 N–H and O–H groups in total. The molecular weight excluding hydrogens is 236 g/mol. The van der Waals surface area contributed by atoms with E-state index in [1.165, 1.54) is 12.8 Å². The summed E-state index contributed by atoms with van der Waals surface area (Å²) in [6, 6.07) is 0.588. The van der Waals surface area contributed by atoms with Gasteiger partial charge in [-0.3, -0.25) is 0 Å². The van der Waals surface area contributed by atoms with Gasteiger partial charge in [-0.05, 0) is 31.1 Å². The van der Waals surface area contributed by atoms with Gasteiger partial charge in [0.15, 0.2) is 0 Å². The first kappa shape index (κ1) is 13.3. The Kier molecular flexibility index (Phi) is 3.80. The number of rotatable bonds is 5. The van der Waals surface area contributed by atoms with Crippen molar-refractivity contribution in [3.05, 3.63) is 0 Å². The largest absolute Gasteiger partial charge is 0.313 e. The van der Waals surface area contributed by atoms with Crippen molar-refractivity contribution >= 4 is 10.0 Å². The molecule has 2 aliphatic rings. The lowest BCUT2D eigenvalue weighted by Crippen LogP contribution is -2.43. The van der Waals surface area contributed by atoms with Gasteiger partial charge < -0.3 is 5.32 Å². The number of nitrogens with one attached hydrogen (secondary N) is 1. The zero-order valence-electron chi connectivity index (χ0n) is 10.9. The fourth-order valence-corrected chi connectivity index (χ4v) is 3.55. The molecule has 0 amide bonds. The van der Waals surface area contributed by atoms with E-state index < -0.39 is 10.0 Å². The van der Waals surface area contributed by atoms with Gasteiger partial charge >= 0.3 is 0 Å². The van der Waals surface area contributed by atoms with Crippen molar-refractivity contribution < 1.29 is 8.42 Å². The zero-order chi connectivity index (χ0) is 12.5. The van der Waals surface area contributed by atoms with Gasteiger partial charge in [-0.15, -0.1) is 0 Å². The highest BCUT2D eigenvalue weighted by Gasteiger charge is 2.31. The third-order valence-electron chi connectivity index (χ3n) is 3.84. The minimum Gasteiger partial charge on any atom is -0.313 e. The first-order valence-electron chi connectivity index (χ1n) is 6.60. The van der Waals surface area contributed by atoms with Gasteiger partial charge in [0.05, 0.1) is 5.75 Å². The summed E-state index contributed by atoms with van der Waals surface area (Å²) in [5, 5.41) is 3.26. The first-order chi connectivity index (χ1) is 7.89. The Morgan fingerprint density at radius 2 is 1.82 bits per heavy atom. The number of hydrogen-bond donors (Lipinski definition) is 1. The van der Waals surface area contributed by atoms with Gasteiger partial charge in [0.1, 0.15) is 0 Å². The molecule has 100 valence electrons. The summed E-state index contributed by atoms with van der Waals surface area (Å²) in [4.78, 5) is 0. The second kappa shape index (κ2) is 4.86. The van der Waals surface area contributed by atoms with Crippen molar-refractivity contribution in [3.8, 4) is 0 Å². The summed E-state index contributed by atoms with van der Waals surface area (Å²) in [6.45, 7) is 6.42. The fourth-order valence-electron chi connectivity index (χ4n) is 2.18. The lowest BCUT2D eigenvalue weighted by Gasteiger charge is -2.36. The Bertz CT molecular complexity index is 351. The molecule has 2 rings (SSSR count). The molecule has 2 fully saturated rings. The van der Waals surface area contributed by atoms with Crippen LogP contribution in [0.15, 0.2) is 0 Å². The minimum atomic E-state index is -3.03. The van der Waals surface area contributed by atoms with E-state index in [2.05, 4.69) is 19.2 Å². The highest BCUT2D eigenvalue weighted by molar-refractivity contribution is 7.89. The number of sulfonamides is 1. The van der Waals surface area contributed by atoms with Crippen molar-refractivity contribution in [2.45, 2.75) is 45.6 Å². The summed E-state index contributed by atoms with van der Waals surface area (Å²) in [5.74, 6) is 0.254. The standard InChI is InChI=1S/C12H24N2O2S/c1-12(2)5-8-14(9-6-12)17(15,16)10-7-13-11-3-4-11/h11,13H,3-10H2,1-2H3. The smallest absolute Gasteiger partial charge is 0.215 e. The molecule has 1 saturated carbocycles. The van der Waals surface area contributed by atoms with Crippen LogP contribution in [-0.4, -0.2) is 44.2 Å². The zero-order valence-corrected chi connectivity index (χ0v) is 11.7. The highest BCUT2D eigenvalue weighted by Crippen LogP contribution is 2.30. The molecule has 0 aromatic heterocycles. The molecule has 0 unspecified atom stereocenters. The van der Waals surface area contributed by atoms with Crippen molar-refractivity contribution in [1.29, 1.82) is 0 Å². The number of piperidine rings is 1. The van der Waals surface area contributed by atoms with E-state index in [4.69, 9.17) is 0 Å². The molecule has 17 heavy (non-hydrogen) atoms. The monoisotopic (exact) mass is 260 g/mol. The molecule has 0 aromatic carbocycles.